The highest BCUT2D eigenvalue weighted by Crippen LogP contribution is 2.24. The molecule has 2 heterocycles. The van der Waals surface area contributed by atoms with Gasteiger partial charge in [-0.2, -0.15) is 0 Å². The Kier molecular flexibility index (Phi) is 6.17. The van der Waals surface area contributed by atoms with Crippen LogP contribution in [-0.2, 0) is 11.2 Å². The second-order valence-electron chi connectivity index (χ2n) is 6.99. The number of hydrogen-bond donors (Lipinski definition) is 1. The van der Waals surface area contributed by atoms with Gasteiger partial charge in [0.1, 0.15) is 0 Å². The lowest BCUT2D eigenvalue weighted by Gasteiger charge is -2.38. The molecule has 1 aromatic heterocycles. The van der Waals surface area contributed by atoms with Crippen molar-refractivity contribution in [2.24, 2.45) is 0 Å². The van der Waals surface area contributed by atoms with E-state index in [1.807, 2.05) is 18.1 Å². The van der Waals surface area contributed by atoms with Crippen LogP contribution >= 0.6 is 11.8 Å². The Balaban J connectivity index is 1.51. The number of thioether (sulfide) groups is 1. The zero-order valence-corrected chi connectivity index (χ0v) is 16.0. The van der Waals surface area contributed by atoms with Crippen molar-refractivity contribution in [1.82, 2.24) is 19.8 Å². The average Bonchev–Trinajstić information content (AvgIpc) is 3.15. The number of amides is 1. The third-order valence-corrected chi connectivity index (χ3v) is 6.07. The van der Waals surface area contributed by atoms with Crippen LogP contribution in [0.1, 0.15) is 43.4 Å². The van der Waals surface area contributed by atoms with E-state index in [9.17, 15) is 9.59 Å². The number of hydrogen-bond acceptors (Lipinski definition) is 5. The first-order valence-electron chi connectivity index (χ1n) is 9.24. The molecule has 3 rings (SSSR count). The second kappa shape index (κ2) is 8.36. The van der Waals surface area contributed by atoms with Crippen LogP contribution in [0.15, 0.2) is 9.95 Å². The molecule has 6 nitrogen and oxygen atoms in total. The highest BCUT2D eigenvalue weighted by molar-refractivity contribution is 7.98. The van der Waals surface area contributed by atoms with Crippen molar-refractivity contribution in [3.05, 3.63) is 21.6 Å². The Bertz CT molecular complexity index is 662. The van der Waals surface area contributed by atoms with Gasteiger partial charge in [-0.05, 0) is 32.4 Å². The number of H-pyrrole nitrogens is 1. The van der Waals surface area contributed by atoms with E-state index in [-0.39, 0.29) is 11.5 Å². The Morgan fingerprint density at radius 3 is 2.52 bits per heavy atom. The van der Waals surface area contributed by atoms with E-state index in [1.54, 1.807) is 0 Å². The molecule has 138 valence electrons. The fourth-order valence-electron chi connectivity index (χ4n) is 3.97. The van der Waals surface area contributed by atoms with E-state index in [2.05, 4.69) is 14.9 Å². The number of aryl methyl sites for hydroxylation is 1. The van der Waals surface area contributed by atoms with Crippen molar-refractivity contribution in [2.75, 3.05) is 32.4 Å². The molecular weight excluding hydrogens is 336 g/mol. The predicted molar refractivity (Wildman–Crippen MR) is 100 cm³/mol. The quantitative estimate of drug-likeness (QED) is 0.637. The minimum absolute atomic E-state index is 0.115. The van der Waals surface area contributed by atoms with Gasteiger partial charge in [-0.25, -0.2) is 4.98 Å². The highest BCUT2D eigenvalue weighted by atomic mass is 32.2. The van der Waals surface area contributed by atoms with Crippen LogP contribution in [0, 0.1) is 6.92 Å². The molecule has 1 aliphatic carbocycles. The van der Waals surface area contributed by atoms with Crippen LogP contribution in [0.2, 0.25) is 0 Å². The summed E-state index contributed by atoms with van der Waals surface area (Å²) in [6.45, 7) is 5.44. The number of aromatic amines is 1. The van der Waals surface area contributed by atoms with Crippen molar-refractivity contribution in [3.63, 3.8) is 0 Å². The summed E-state index contributed by atoms with van der Waals surface area (Å²) < 4.78 is 0. The average molecular weight is 365 g/mol. The molecule has 1 N–H and O–H groups in total. The zero-order chi connectivity index (χ0) is 17.8. The van der Waals surface area contributed by atoms with Crippen LogP contribution < -0.4 is 5.56 Å². The van der Waals surface area contributed by atoms with Gasteiger partial charge in [-0.15, -0.1) is 0 Å². The van der Waals surface area contributed by atoms with Crippen molar-refractivity contribution < 1.29 is 4.79 Å². The summed E-state index contributed by atoms with van der Waals surface area (Å²) in [5.74, 6) is 0.152. The molecule has 2 fully saturated rings. The molecular formula is C18H28N4O2S. The third-order valence-electron chi connectivity index (χ3n) is 5.49. The van der Waals surface area contributed by atoms with Crippen molar-refractivity contribution in [2.45, 2.75) is 56.6 Å². The molecule has 1 aromatic rings. The third kappa shape index (κ3) is 4.44. The van der Waals surface area contributed by atoms with Crippen LogP contribution in [0.5, 0.6) is 0 Å². The predicted octanol–water partition coefficient (Wildman–Crippen LogP) is 1.82. The number of rotatable bonds is 5. The summed E-state index contributed by atoms with van der Waals surface area (Å²) in [4.78, 5) is 36.3. The van der Waals surface area contributed by atoms with Gasteiger partial charge in [0.25, 0.3) is 5.56 Å². The lowest BCUT2D eigenvalue weighted by Crippen LogP contribution is -2.51. The maximum absolute atomic E-state index is 12.5. The van der Waals surface area contributed by atoms with E-state index in [0.29, 0.717) is 23.6 Å². The van der Waals surface area contributed by atoms with Crippen molar-refractivity contribution >= 4 is 17.7 Å². The van der Waals surface area contributed by atoms with Gasteiger partial charge in [0.2, 0.25) is 5.91 Å². The van der Waals surface area contributed by atoms with Crippen LogP contribution in [0.4, 0.5) is 0 Å². The maximum Gasteiger partial charge on any atom is 0.254 e. The molecule has 0 unspecified atom stereocenters. The number of nitrogens with one attached hydrogen (secondary N) is 1. The summed E-state index contributed by atoms with van der Waals surface area (Å²) in [6.07, 6.45) is 8.05. The van der Waals surface area contributed by atoms with Gasteiger partial charge >= 0.3 is 0 Å². The van der Waals surface area contributed by atoms with Gasteiger partial charge in [0.15, 0.2) is 5.16 Å². The molecule has 25 heavy (non-hydrogen) atoms. The lowest BCUT2D eigenvalue weighted by atomic mass is 10.1. The lowest BCUT2D eigenvalue weighted by molar-refractivity contribution is -0.133. The Morgan fingerprint density at radius 2 is 1.92 bits per heavy atom. The van der Waals surface area contributed by atoms with Crippen LogP contribution in [0.25, 0.3) is 0 Å². The standard InChI is InChI=1S/C18H28N4O2S/c1-13-15(17(24)20-18(19-13)25-2)7-8-16(23)22-11-9-21(10-12-22)14-5-3-4-6-14/h14H,3-12H2,1-2H3,(H,19,20,24). The summed E-state index contributed by atoms with van der Waals surface area (Å²) in [7, 11) is 0. The molecule has 0 aromatic carbocycles. The maximum atomic E-state index is 12.5. The van der Waals surface area contributed by atoms with Crippen LogP contribution in [0.3, 0.4) is 0 Å². The molecule has 1 aliphatic heterocycles. The molecule has 1 saturated carbocycles. The first-order chi connectivity index (χ1) is 12.1. The normalized spacial score (nSPS) is 19.5. The largest absolute Gasteiger partial charge is 0.340 e. The van der Waals surface area contributed by atoms with Gasteiger partial charge in [-0.3, -0.25) is 14.5 Å². The molecule has 2 aliphatic rings. The monoisotopic (exact) mass is 364 g/mol. The van der Waals surface area contributed by atoms with E-state index >= 15 is 0 Å². The van der Waals surface area contributed by atoms with Gasteiger partial charge in [0, 0.05) is 49.9 Å². The zero-order valence-electron chi connectivity index (χ0n) is 15.2. The van der Waals surface area contributed by atoms with Crippen molar-refractivity contribution in [1.29, 1.82) is 0 Å². The van der Waals surface area contributed by atoms with Gasteiger partial charge < -0.3 is 9.88 Å². The van der Waals surface area contributed by atoms with E-state index in [0.717, 1.165) is 37.9 Å². The molecule has 0 spiro atoms. The van der Waals surface area contributed by atoms with E-state index < -0.39 is 0 Å². The van der Waals surface area contributed by atoms with Gasteiger partial charge in [0.05, 0.1) is 0 Å². The Morgan fingerprint density at radius 1 is 1.24 bits per heavy atom. The second-order valence-corrected chi connectivity index (χ2v) is 7.79. The summed E-state index contributed by atoms with van der Waals surface area (Å²) >= 11 is 1.42. The first-order valence-corrected chi connectivity index (χ1v) is 10.5. The van der Waals surface area contributed by atoms with Crippen LogP contribution in [-0.4, -0.2) is 64.2 Å². The molecule has 0 bridgehead atoms. The number of nitrogens with zero attached hydrogens (tertiary/aromatic N) is 3. The minimum Gasteiger partial charge on any atom is -0.340 e. The number of piperazine rings is 1. The Hall–Kier alpha value is -1.34. The topological polar surface area (TPSA) is 69.3 Å². The minimum atomic E-state index is -0.115. The smallest absolute Gasteiger partial charge is 0.254 e. The van der Waals surface area contributed by atoms with E-state index in [4.69, 9.17) is 0 Å². The number of aromatic nitrogens is 2. The molecule has 0 radical (unpaired) electrons. The fraction of sp³-hybridized carbons (Fsp3) is 0.722. The summed E-state index contributed by atoms with van der Waals surface area (Å²) in [5, 5.41) is 0.626. The van der Waals surface area contributed by atoms with E-state index in [1.165, 1.54) is 37.4 Å². The fourth-order valence-corrected chi connectivity index (χ4v) is 4.39. The highest BCUT2D eigenvalue weighted by Gasteiger charge is 2.27. The number of carbonyl (C=O) groups is 1. The molecule has 0 atom stereocenters. The summed E-state index contributed by atoms with van der Waals surface area (Å²) in [5.41, 5.74) is 1.25. The van der Waals surface area contributed by atoms with Gasteiger partial charge in [-0.1, -0.05) is 24.6 Å². The Labute approximate surface area is 153 Å². The SMILES string of the molecule is CSc1nc(C)c(CCC(=O)N2CCN(C3CCCC3)CC2)c(=O)[nH]1. The first kappa shape index (κ1) is 18.5. The molecule has 1 saturated heterocycles. The molecule has 1 amide bonds. The number of carbonyl (C=O) groups excluding carboxylic acids is 1. The molecule has 7 heteroatoms. The summed E-state index contributed by atoms with van der Waals surface area (Å²) in [6, 6.07) is 0.736. The van der Waals surface area contributed by atoms with Crippen molar-refractivity contribution in [3.8, 4) is 0 Å².